The van der Waals surface area contributed by atoms with E-state index < -0.39 is 23.3 Å². The molecule has 10 heterocycles. The van der Waals surface area contributed by atoms with Gasteiger partial charge in [-0.25, -0.2) is 67.0 Å². The fraction of sp³-hybridized carbons (Fsp3) is 0.357. The molecule has 0 unspecified atom stereocenters. The summed E-state index contributed by atoms with van der Waals surface area (Å²) >= 11 is 5.74. The van der Waals surface area contributed by atoms with Crippen molar-refractivity contribution in [2.24, 2.45) is 0 Å². The number of hydrogen-bond acceptors (Lipinski definition) is 18. The molecule has 504 valence electrons. The van der Waals surface area contributed by atoms with Gasteiger partial charge >= 0.3 is 12.2 Å². The molecule has 0 bridgehead atoms. The highest BCUT2D eigenvalue weighted by atomic mass is 35.5. The number of nitrogens with two attached hydrogens (primary N) is 1. The van der Waals surface area contributed by atoms with Crippen LogP contribution in [-0.4, -0.2) is 163 Å². The molecule has 4 aliphatic rings. The zero-order chi connectivity index (χ0) is 68.0. The van der Waals surface area contributed by atoms with Gasteiger partial charge in [-0.3, -0.25) is 24.6 Å². The summed E-state index contributed by atoms with van der Waals surface area (Å²) in [6.45, 7) is 18.3. The van der Waals surface area contributed by atoms with Gasteiger partial charge in [-0.15, -0.1) is 0 Å². The summed E-state index contributed by atoms with van der Waals surface area (Å²) in [6, 6.07) is 27.0. The van der Waals surface area contributed by atoms with E-state index in [1.165, 1.54) is 12.1 Å². The van der Waals surface area contributed by atoms with Gasteiger partial charge in [-0.2, -0.15) is 0 Å². The first kappa shape index (κ1) is 67.4. The Bertz CT molecular complexity index is 4420. The Balaban J connectivity index is 0.000000154. The number of imidazole rings is 2. The molecule has 0 spiro atoms. The summed E-state index contributed by atoms with van der Waals surface area (Å²) in [6.07, 6.45) is 8.72. The van der Waals surface area contributed by atoms with E-state index in [-0.39, 0.29) is 102 Å². The standard InChI is InChI=1S/C36H37F2N7O3.C19H21ClN4O3.C15H15F2N5/c1-22(2)45-23(3)42-35-29(37)11-26(12-31(35)45)28-13-27(39-17-30(28)38)14-34-40-15-25(16-41-34)18-43-19-32-33(20-43)47-10-9-44(32)36(46)48-21-24-7-5-4-6-8-24;20-18-21-8-15(9-22-18)10-23-11-16-17(12-23)26-7-6-24(16)19(25)27-13-14-4-2-1-3-5-14;1-7(2)22-8(3)20-14-10(16)4-9(5-12(14)22)13-11(17)6-19-15(18)21-13/h4-8,11-13,15-17,22,32-33H,9-10,14,18-21H2,1-3H3;1-5,8-9,16-17H,6-7,10-13H2;4-7H,1-3H3,(H2,18,19,21)/t32-,33+;16-,17+;/m00./s1. The highest BCUT2D eigenvalue weighted by Crippen LogP contribution is 2.34. The molecule has 4 aromatic carbocycles. The second-order valence-electron chi connectivity index (χ2n) is 24.8. The largest absolute Gasteiger partial charge is 0.445 e. The number of halogens is 5. The van der Waals surface area contributed by atoms with E-state index in [0.717, 1.165) is 47.7 Å². The summed E-state index contributed by atoms with van der Waals surface area (Å²) in [7, 11) is 0. The number of rotatable bonds is 14. The normalized spacial score (nSPS) is 17.8. The number of likely N-dealkylation sites (tertiary alicyclic amines) is 2. The summed E-state index contributed by atoms with van der Waals surface area (Å²) in [4.78, 5) is 71.1. The lowest BCUT2D eigenvalue weighted by Crippen LogP contribution is -2.53. The number of nitrogens with zero attached hydrogens (tertiary/aromatic N) is 15. The van der Waals surface area contributed by atoms with Crippen molar-refractivity contribution in [2.45, 2.75) is 111 Å². The number of pyridine rings is 1. The highest BCUT2D eigenvalue weighted by molar-refractivity contribution is 6.28. The molecule has 2 amide bonds. The second kappa shape index (κ2) is 29.8. The van der Waals surface area contributed by atoms with Crippen LogP contribution in [0, 0.1) is 37.1 Å². The second-order valence-corrected chi connectivity index (χ2v) is 25.2. The Morgan fingerprint density at radius 2 is 1.04 bits per heavy atom. The van der Waals surface area contributed by atoms with E-state index in [2.05, 4.69) is 54.7 Å². The Morgan fingerprint density at radius 3 is 1.55 bits per heavy atom. The Labute approximate surface area is 562 Å². The number of hydrogen-bond donors (Lipinski definition) is 1. The van der Waals surface area contributed by atoms with Crippen LogP contribution in [0.3, 0.4) is 0 Å². The fourth-order valence-corrected chi connectivity index (χ4v) is 13.1. The predicted octanol–water partition coefficient (Wildman–Crippen LogP) is 11.5. The van der Waals surface area contributed by atoms with Crippen LogP contribution in [-0.2, 0) is 51.7 Å². The molecule has 0 aliphatic carbocycles. The van der Waals surface area contributed by atoms with Gasteiger partial charge in [0.2, 0.25) is 11.2 Å². The number of fused-ring (bicyclic) bond motifs is 4. The lowest BCUT2D eigenvalue weighted by molar-refractivity contribution is -0.0446. The van der Waals surface area contributed by atoms with E-state index in [0.29, 0.717) is 97.8 Å². The number of carbonyl (C=O) groups excluding carboxylic acids is 2. The van der Waals surface area contributed by atoms with Crippen LogP contribution in [0.25, 0.3) is 44.5 Å². The third kappa shape index (κ3) is 15.6. The molecule has 4 fully saturated rings. The van der Waals surface area contributed by atoms with Crippen LogP contribution in [0.2, 0.25) is 5.28 Å². The van der Waals surface area contributed by atoms with Gasteiger partial charge in [0.05, 0.1) is 67.4 Å². The van der Waals surface area contributed by atoms with Gasteiger partial charge in [-0.05, 0) is 100 Å². The number of carbonyl (C=O) groups is 2. The van der Waals surface area contributed by atoms with Crippen LogP contribution in [0.1, 0.15) is 85.2 Å². The van der Waals surface area contributed by atoms with E-state index in [1.54, 1.807) is 52.8 Å². The van der Waals surface area contributed by atoms with Gasteiger partial charge in [0.15, 0.2) is 17.5 Å². The van der Waals surface area contributed by atoms with E-state index in [9.17, 15) is 18.4 Å². The number of amides is 2. The first-order valence-electron chi connectivity index (χ1n) is 32.0. The summed E-state index contributed by atoms with van der Waals surface area (Å²) in [5.74, 6) is -0.351. The summed E-state index contributed by atoms with van der Waals surface area (Å²) < 4.78 is 85.3. The van der Waals surface area contributed by atoms with Crippen molar-refractivity contribution in [2.75, 3.05) is 58.2 Å². The molecule has 6 aromatic heterocycles. The molecule has 4 atom stereocenters. The number of aryl methyl sites for hydroxylation is 2. The van der Waals surface area contributed by atoms with Crippen LogP contribution in [0.15, 0.2) is 128 Å². The number of benzene rings is 4. The van der Waals surface area contributed by atoms with Crippen molar-refractivity contribution in [3.63, 3.8) is 0 Å². The minimum Gasteiger partial charge on any atom is -0.445 e. The SMILES string of the molecule is Cc1nc2c(F)cc(-c3cc(Cc4ncc(CN5C[C@H]6OCCN(C(=O)OCc7ccccc7)[C@H]6C5)cn4)ncc3F)cc2n1C(C)C.Cc1nc2c(F)cc(-c3nc(N)ncc3F)cc2n1C(C)C.O=C(OCc1ccccc1)N1CCO[C@@H]2CN(Cc3cnc(Cl)nc3)C[C@@H]21. The molecule has 22 nitrogen and oxygen atoms in total. The first-order valence-corrected chi connectivity index (χ1v) is 32.4. The molecule has 97 heavy (non-hydrogen) atoms. The van der Waals surface area contributed by atoms with Gasteiger partial charge in [-0.1, -0.05) is 60.7 Å². The molecule has 10 aromatic rings. The number of anilines is 1. The molecule has 0 saturated carbocycles. The van der Waals surface area contributed by atoms with Gasteiger partial charge in [0.1, 0.15) is 53.2 Å². The summed E-state index contributed by atoms with van der Waals surface area (Å²) in [5, 5.41) is 0.240. The van der Waals surface area contributed by atoms with Crippen molar-refractivity contribution in [1.82, 2.24) is 73.6 Å². The number of nitrogen functional groups attached to an aromatic ring is 1. The molecule has 14 rings (SSSR count). The Kier molecular flexibility index (Phi) is 20.7. The Morgan fingerprint density at radius 1 is 0.567 bits per heavy atom. The molecule has 0 radical (unpaired) electrons. The van der Waals surface area contributed by atoms with Gasteiger partial charge in [0, 0.05) is 117 Å². The fourth-order valence-electron chi connectivity index (χ4n) is 13.0. The minimum atomic E-state index is -0.653. The quantitative estimate of drug-likeness (QED) is 0.0787. The maximum Gasteiger partial charge on any atom is 0.410 e. The maximum atomic E-state index is 15.1. The zero-order valence-electron chi connectivity index (χ0n) is 54.4. The van der Waals surface area contributed by atoms with E-state index in [1.807, 2.05) is 111 Å². The van der Waals surface area contributed by atoms with Gasteiger partial charge in [0.25, 0.3) is 0 Å². The molecule has 27 heteroatoms. The number of ether oxygens (including phenoxy) is 4. The third-order valence-electron chi connectivity index (χ3n) is 17.4. The molecule has 4 saturated heterocycles. The lowest BCUT2D eigenvalue weighted by atomic mass is 10.0. The zero-order valence-corrected chi connectivity index (χ0v) is 55.2. The average Bonchev–Trinajstić information content (AvgIpc) is 1.67. The van der Waals surface area contributed by atoms with Crippen LogP contribution in [0.5, 0.6) is 0 Å². The first-order chi connectivity index (χ1) is 46.8. The van der Waals surface area contributed by atoms with Crippen molar-refractivity contribution in [3.8, 4) is 22.4 Å². The van der Waals surface area contributed by atoms with Crippen LogP contribution < -0.4 is 5.73 Å². The average molecular weight is 1350 g/mol. The van der Waals surface area contributed by atoms with E-state index in [4.69, 9.17) is 36.3 Å². The van der Waals surface area contributed by atoms with Crippen molar-refractivity contribution in [3.05, 3.63) is 202 Å². The summed E-state index contributed by atoms with van der Waals surface area (Å²) in [5.41, 5.74) is 12.6. The number of morpholine rings is 2. The van der Waals surface area contributed by atoms with Gasteiger partial charge < -0.3 is 33.8 Å². The van der Waals surface area contributed by atoms with Crippen LogP contribution in [0.4, 0.5) is 33.1 Å². The minimum absolute atomic E-state index is 0.00348. The molecular formula is C70H73ClF4N16O6. The Hall–Kier alpha value is -9.60. The lowest BCUT2D eigenvalue weighted by Gasteiger charge is -2.36. The monoisotopic (exact) mass is 1340 g/mol. The molecular weight excluding hydrogens is 1270 g/mol. The van der Waals surface area contributed by atoms with Crippen molar-refractivity contribution < 1.29 is 46.1 Å². The third-order valence-corrected chi connectivity index (χ3v) is 17.6. The van der Waals surface area contributed by atoms with Crippen molar-refractivity contribution >= 4 is 51.8 Å². The highest BCUT2D eigenvalue weighted by Gasteiger charge is 2.44. The topological polar surface area (TPSA) is 236 Å². The molecule has 2 N–H and O–H groups in total. The predicted molar refractivity (Wildman–Crippen MR) is 354 cm³/mol. The van der Waals surface area contributed by atoms with Crippen LogP contribution >= 0.6 is 11.6 Å². The number of aromatic nitrogens is 11. The van der Waals surface area contributed by atoms with E-state index >= 15 is 8.78 Å². The maximum absolute atomic E-state index is 15.1. The smallest absolute Gasteiger partial charge is 0.410 e. The van der Waals surface area contributed by atoms with Crippen molar-refractivity contribution in [1.29, 1.82) is 0 Å². The molecule has 4 aliphatic heterocycles.